The molecule has 2 aromatic rings. The van der Waals surface area contributed by atoms with Crippen molar-refractivity contribution in [3.05, 3.63) is 58.6 Å². The number of nitrogens with zero attached hydrogens (tertiary/aromatic N) is 1. The third-order valence-corrected chi connectivity index (χ3v) is 6.69. The van der Waals surface area contributed by atoms with Crippen molar-refractivity contribution in [2.45, 2.75) is 23.2 Å². The summed E-state index contributed by atoms with van der Waals surface area (Å²) in [5.74, 6) is 0.664. The van der Waals surface area contributed by atoms with Gasteiger partial charge in [-0.15, -0.1) is 0 Å². The molecule has 28 heavy (non-hydrogen) atoms. The van der Waals surface area contributed by atoms with Crippen molar-refractivity contribution < 1.29 is 17.9 Å². The average Bonchev–Trinajstić information content (AvgIpc) is 2.73. The maximum Gasteiger partial charge on any atom is 0.240 e. The highest BCUT2D eigenvalue weighted by Crippen LogP contribution is 2.41. The van der Waals surface area contributed by atoms with Gasteiger partial charge in [0.15, 0.2) is 0 Å². The molecule has 1 N–H and O–H groups in total. The summed E-state index contributed by atoms with van der Waals surface area (Å²) in [7, 11) is -2.20. The first-order valence-corrected chi connectivity index (χ1v) is 10.7. The molecule has 1 aliphatic heterocycles. The summed E-state index contributed by atoms with van der Waals surface area (Å²) < 4.78 is 39.4. The van der Waals surface area contributed by atoms with Crippen LogP contribution in [0.15, 0.2) is 47.4 Å². The van der Waals surface area contributed by atoms with E-state index in [1.54, 1.807) is 31.4 Å². The van der Waals surface area contributed by atoms with E-state index < -0.39 is 15.4 Å². The number of hydrogen-bond acceptors (Lipinski definition) is 5. The Morgan fingerprint density at radius 1 is 1.25 bits per heavy atom. The molecule has 0 aromatic heterocycles. The molecule has 0 spiro atoms. The minimum atomic E-state index is -3.78. The van der Waals surface area contributed by atoms with Gasteiger partial charge in [0.25, 0.3) is 0 Å². The first-order chi connectivity index (χ1) is 13.4. The molecule has 1 saturated heterocycles. The van der Waals surface area contributed by atoms with E-state index >= 15 is 0 Å². The van der Waals surface area contributed by atoms with Gasteiger partial charge in [0.05, 0.1) is 23.6 Å². The lowest BCUT2D eigenvalue weighted by molar-refractivity contribution is 0.0509. The number of methoxy groups -OCH3 is 1. The third-order valence-electron chi connectivity index (χ3n) is 5.06. The maximum absolute atomic E-state index is 12.8. The van der Waals surface area contributed by atoms with Crippen molar-refractivity contribution >= 4 is 21.6 Å². The highest BCUT2D eigenvalue weighted by molar-refractivity contribution is 7.89. The number of hydrogen-bond donors (Lipinski definition) is 1. The second kappa shape index (κ2) is 8.50. The summed E-state index contributed by atoms with van der Waals surface area (Å²) in [6.45, 7) is 1.20. The van der Waals surface area contributed by atoms with Crippen LogP contribution in [0.4, 0.5) is 0 Å². The molecular formula is C20H21ClN2O4S. The van der Waals surface area contributed by atoms with Gasteiger partial charge in [-0.05, 0) is 49.2 Å². The molecule has 2 aromatic carbocycles. The van der Waals surface area contributed by atoms with Gasteiger partial charge in [0.2, 0.25) is 10.0 Å². The van der Waals surface area contributed by atoms with E-state index in [-0.39, 0.29) is 11.4 Å². The van der Waals surface area contributed by atoms with E-state index in [0.29, 0.717) is 42.4 Å². The molecular weight excluding hydrogens is 400 g/mol. The van der Waals surface area contributed by atoms with Crippen LogP contribution in [-0.2, 0) is 20.2 Å². The quantitative estimate of drug-likeness (QED) is 0.774. The molecule has 0 aliphatic carbocycles. The highest BCUT2D eigenvalue weighted by Gasteiger charge is 2.38. The smallest absolute Gasteiger partial charge is 0.240 e. The molecule has 8 heteroatoms. The molecule has 1 aliphatic rings. The molecule has 0 saturated carbocycles. The van der Waals surface area contributed by atoms with Gasteiger partial charge in [0, 0.05) is 35.8 Å². The van der Waals surface area contributed by atoms with Crippen LogP contribution < -0.4 is 9.46 Å². The monoisotopic (exact) mass is 420 g/mol. The SMILES string of the molecule is COc1ccc(Cl)cc1C1(CNS(=O)(=O)c2cccc(C#N)c2)CCOCC1. The normalized spacial score (nSPS) is 16.3. The zero-order valence-corrected chi connectivity index (χ0v) is 17.0. The van der Waals surface area contributed by atoms with Gasteiger partial charge >= 0.3 is 0 Å². The Morgan fingerprint density at radius 3 is 2.68 bits per heavy atom. The summed E-state index contributed by atoms with van der Waals surface area (Å²) in [4.78, 5) is 0.0619. The van der Waals surface area contributed by atoms with Crippen LogP contribution in [-0.4, -0.2) is 35.3 Å². The predicted molar refractivity (Wildman–Crippen MR) is 106 cm³/mol. The minimum Gasteiger partial charge on any atom is -0.496 e. The number of rotatable bonds is 6. The number of halogens is 1. The number of nitrogens with one attached hydrogen (secondary N) is 1. The lowest BCUT2D eigenvalue weighted by atomic mass is 9.74. The molecule has 6 nitrogen and oxygen atoms in total. The summed E-state index contributed by atoms with van der Waals surface area (Å²) >= 11 is 6.22. The van der Waals surface area contributed by atoms with Crippen LogP contribution in [0.25, 0.3) is 0 Å². The first-order valence-electron chi connectivity index (χ1n) is 8.82. The summed E-state index contributed by atoms with van der Waals surface area (Å²) in [5, 5.41) is 9.59. The highest BCUT2D eigenvalue weighted by atomic mass is 35.5. The molecule has 1 heterocycles. The summed E-state index contributed by atoms with van der Waals surface area (Å²) in [6, 6.07) is 13.3. The van der Waals surface area contributed by atoms with Crippen molar-refractivity contribution in [2.75, 3.05) is 26.9 Å². The summed E-state index contributed by atoms with van der Waals surface area (Å²) in [6.07, 6.45) is 1.26. The number of nitriles is 1. The average molecular weight is 421 g/mol. The van der Waals surface area contributed by atoms with Gasteiger partial charge in [-0.25, -0.2) is 13.1 Å². The van der Waals surface area contributed by atoms with E-state index in [1.807, 2.05) is 12.1 Å². The first kappa shape index (κ1) is 20.6. The van der Waals surface area contributed by atoms with Gasteiger partial charge in [-0.2, -0.15) is 5.26 Å². The fraction of sp³-hybridized carbons (Fsp3) is 0.350. The van der Waals surface area contributed by atoms with E-state index in [2.05, 4.69) is 4.72 Å². The Balaban J connectivity index is 1.94. The fourth-order valence-corrected chi connectivity index (χ4v) is 4.79. The van der Waals surface area contributed by atoms with Gasteiger partial charge in [-0.1, -0.05) is 17.7 Å². The molecule has 148 valence electrons. The zero-order chi connectivity index (χ0) is 20.2. The van der Waals surface area contributed by atoms with Crippen LogP contribution in [0.2, 0.25) is 5.02 Å². The summed E-state index contributed by atoms with van der Waals surface area (Å²) in [5.41, 5.74) is 0.647. The van der Waals surface area contributed by atoms with Crippen LogP contribution in [0.1, 0.15) is 24.0 Å². The van der Waals surface area contributed by atoms with Crippen LogP contribution in [0.5, 0.6) is 5.75 Å². The standard InChI is InChI=1S/C20H21ClN2O4S/c1-26-19-6-5-16(21)12-18(19)20(7-9-27-10-8-20)14-23-28(24,25)17-4-2-3-15(11-17)13-22/h2-6,11-12,23H,7-10,14H2,1H3. The van der Waals surface area contributed by atoms with Crippen molar-refractivity contribution in [3.63, 3.8) is 0 Å². The lowest BCUT2D eigenvalue weighted by Crippen LogP contribution is -2.44. The molecule has 0 unspecified atom stereocenters. The van der Waals surface area contributed by atoms with Crippen molar-refractivity contribution in [1.29, 1.82) is 5.26 Å². The van der Waals surface area contributed by atoms with E-state index in [0.717, 1.165) is 5.56 Å². The van der Waals surface area contributed by atoms with Crippen molar-refractivity contribution in [1.82, 2.24) is 4.72 Å². The van der Waals surface area contributed by atoms with Gasteiger partial charge in [-0.3, -0.25) is 0 Å². The maximum atomic E-state index is 12.8. The number of sulfonamides is 1. The largest absolute Gasteiger partial charge is 0.496 e. The van der Waals surface area contributed by atoms with Crippen molar-refractivity contribution in [2.24, 2.45) is 0 Å². The predicted octanol–water partition coefficient (Wildman–Crippen LogP) is 3.25. The molecule has 3 rings (SSSR count). The van der Waals surface area contributed by atoms with E-state index in [4.69, 9.17) is 26.3 Å². The Morgan fingerprint density at radius 2 is 2.00 bits per heavy atom. The zero-order valence-electron chi connectivity index (χ0n) is 15.4. The Labute approximate surface area is 170 Å². The Hall–Kier alpha value is -2.11. The third kappa shape index (κ3) is 4.31. The molecule has 0 radical (unpaired) electrons. The molecule has 0 bridgehead atoms. The fourth-order valence-electron chi connectivity index (χ4n) is 3.45. The molecule has 0 amide bonds. The number of ether oxygens (including phenoxy) is 2. The van der Waals surface area contributed by atoms with Crippen LogP contribution in [0, 0.1) is 11.3 Å². The lowest BCUT2D eigenvalue weighted by Gasteiger charge is -2.38. The Bertz CT molecular complexity index is 996. The Kier molecular flexibility index (Phi) is 6.26. The molecule has 0 atom stereocenters. The van der Waals surface area contributed by atoms with E-state index in [9.17, 15) is 8.42 Å². The van der Waals surface area contributed by atoms with Crippen LogP contribution in [0.3, 0.4) is 0 Å². The molecule has 1 fully saturated rings. The number of benzene rings is 2. The minimum absolute atomic E-state index is 0.0619. The second-order valence-electron chi connectivity index (χ2n) is 6.70. The van der Waals surface area contributed by atoms with Crippen molar-refractivity contribution in [3.8, 4) is 11.8 Å². The van der Waals surface area contributed by atoms with Gasteiger partial charge in [0.1, 0.15) is 5.75 Å². The van der Waals surface area contributed by atoms with E-state index in [1.165, 1.54) is 12.1 Å². The van der Waals surface area contributed by atoms with Crippen LogP contribution >= 0.6 is 11.6 Å². The second-order valence-corrected chi connectivity index (χ2v) is 8.90. The topological polar surface area (TPSA) is 88.4 Å². The van der Waals surface area contributed by atoms with Gasteiger partial charge < -0.3 is 9.47 Å².